The van der Waals surface area contributed by atoms with Gasteiger partial charge in [-0.2, -0.15) is 10.2 Å². The molecule has 144 valence electrons. The van der Waals surface area contributed by atoms with Crippen LogP contribution in [0.25, 0.3) is 33.4 Å². The minimum Gasteiger partial charge on any atom is -0.354 e. The van der Waals surface area contributed by atoms with Gasteiger partial charge in [0.25, 0.3) is 0 Å². The highest BCUT2D eigenvalue weighted by Gasteiger charge is 2.10. The number of nitrogens with one attached hydrogen (secondary N) is 2. The third kappa shape index (κ3) is 3.25. The maximum atomic E-state index is 6.52. The van der Waals surface area contributed by atoms with Gasteiger partial charge in [-0.1, -0.05) is 17.7 Å². The number of H-pyrrole nitrogens is 1. The molecule has 0 atom stereocenters. The van der Waals surface area contributed by atoms with E-state index in [-0.39, 0.29) is 0 Å². The van der Waals surface area contributed by atoms with Crippen molar-refractivity contribution in [1.29, 1.82) is 0 Å². The van der Waals surface area contributed by atoms with Crippen LogP contribution < -0.4 is 5.32 Å². The Hall–Kier alpha value is -3.58. The first-order valence-corrected chi connectivity index (χ1v) is 9.47. The first-order valence-electron chi connectivity index (χ1n) is 9.09. The van der Waals surface area contributed by atoms with Crippen LogP contribution in [0.5, 0.6) is 0 Å². The second-order valence-electron chi connectivity index (χ2n) is 6.90. The third-order valence-corrected chi connectivity index (χ3v) is 5.18. The lowest BCUT2D eigenvalue weighted by molar-refractivity contribution is 0.768. The van der Waals surface area contributed by atoms with Crippen molar-refractivity contribution in [1.82, 2.24) is 29.5 Å². The van der Waals surface area contributed by atoms with Crippen LogP contribution in [0, 0.1) is 0 Å². The van der Waals surface area contributed by atoms with Crippen LogP contribution in [0.15, 0.2) is 61.2 Å². The number of aromatic amines is 1. The molecule has 29 heavy (non-hydrogen) atoms. The van der Waals surface area contributed by atoms with E-state index < -0.39 is 0 Å². The van der Waals surface area contributed by atoms with E-state index in [0.717, 1.165) is 39.1 Å². The Morgan fingerprint density at radius 3 is 2.62 bits per heavy atom. The molecule has 7 nitrogen and oxygen atoms in total. The second kappa shape index (κ2) is 6.79. The van der Waals surface area contributed by atoms with Gasteiger partial charge in [-0.3, -0.25) is 9.36 Å². The summed E-state index contributed by atoms with van der Waals surface area (Å²) in [6.07, 6.45) is 7.42. The Balaban J connectivity index is 1.43. The molecule has 0 aliphatic rings. The summed E-state index contributed by atoms with van der Waals surface area (Å²) in [7, 11) is 3.81. The van der Waals surface area contributed by atoms with Crippen molar-refractivity contribution >= 4 is 34.0 Å². The molecule has 2 N–H and O–H groups in total. The highest BCUT2D eigenvalue weighted by Crippen LogP contribution is 2.31. The quantitative estimate of drug-likeness (QED) is 0.453. The molecule has 0 saturated carbocycles. The number of aromatic nitrogens is 6. The van der Waals surface area contributed by atoms with E-state index in [1.165, 1.54) is 0 Å². The number of benzene rings is 1. The summed E-state index contributed by atoms with van der Waals surface area (Å²) >= 11 is 6.52. The van der Waals surface area contributed by atoms with Crippen LogP contribution in [0.1, 0.15) is 0 Å². The molecule has 0 aliphatic carbocycles. The van der Waals surface area contributed by atoms with Gasteiger partial charge < -0.3 is 10.3 Å². The van der Waals surface area contributed by atoms with E-state index in [9.17, 15) is 0 Å². The lowest BCUT2D eigenvalue weighted by Gasteiger charge is -2.10. The third-order valence-electron chi connectivity index (χ3n) is 4.87. The van der Waals surface area contributed by atoms with Crippen LogP contribution in [0.3, 0.4) is 0 Å². The van der Waals surface area contributed by atoms with Gasteiger partial charge in [-0.25, -0.2) is 4.98 Å². The summed E-state index contributed by atoms with van der Waals surface area (Å²) in [5.41, 5.74) is 5.84. The molecule has 0 radical (unpaired) electrons. The van der Waals surface area contributed by atoms with E-state index in [2.05, 4.69) is 31.5 Å². The monoisotopic (exact) mass is 403 g/mol. The summed E-state index contributed by atoms with van der Waals surface area (Å²) in [6, 6.07) is 11.9. The Bertz CT molecular complexity index is 1330. The van der Waals surface area contributed by atoms with Crippen LogP contribution in [0.4, 0.5) is 11.5 Å². The maximum absolute atomic E-state index is 6.52. The second-order valence-corrected chi connectivity index (χ2v) is 7.31. The molecule has 0 saturated heterocycles. The zero-order valence-electron chi connectivity index (χ0n) is 15.9. The summed E-state index contributed by atoms with van der Waals surface area (Å²) in [4.78, 5) is 7.94. The normalized spacial score (nSPS) is 11.3. The largest absolute Gasteiger partial charge is 0.354 e. The Morgan fingerprint density at radius 2 is 1.90 bits per heavy atom. The maximum Gasteiger partial charge on any atom is 0.132 e. The first kappa shape index (κ1) is 17.5. The number of anilines is 2. The summed E-state index contributed by atoms with van der Waals surface area (Å²) in [6.45, 7) is 0. The molecule has 0 fully saturated rings. The molecule has 5 aromatic rings. The van der Waals surface area contributed by atoms with Gasteiger partial charge in [0, 0.05) is 61.0 Å². The average molecular weight is 404 g/mol. The fourth-order valence-electron chi connectivity index (χ4n) is 3.38. The van der Waals surface area contributed by atoms with Gasteiger partial charge in [0.15, 0.2) is 0 Å². The lowest BCUT2D eigenvalue weighted by Crippen LogP contribution is -1.96. The number of fused-ring (bicyclic) bond motifs is 1. The molecule has 0 bridgehead atoms. The van der Waals surface area contributed by atoms with Crippen molar-refractivity contribution in [3.63, 3.8) is 0 Å². The lowest BCUT2D eigenvalue weighted by atomic mass is 10.1. The fraction of sp³-hybridized carbons (Fsp3) is 0.0952. The van der Waals surface area contributed by atoms with Crippen molar-refractivity contribution in [3.05, 3.63) is 66.2 Å². The van der Waals surface area contributed by atoms with Gasteiger partial charge in [-0.15, -0.1) is 0 Å². The topological polar surface area (TPSA) is 76.3 Å². The fourth-order valence-corrected chi connectivity index (χ4v) is 3.61. The van der Waals surface area contributed by atoms with Crippen molar-refractivity contribution in [2.24, 2.45) is 14.1 Å². The van der Waals surface area contributed by atoms with E-state index in [4.69, 9.17) is 11.6 Å². The number of hydrogen-bond donors (Lipinski definition) is 2. The number of hydrogen-bond acceptors (Lipinski definition) is 4. The molecule has 1 aromatic carbocycles. The van der Waals surface area contributed by atoms with Crippen molar-refractivity contribution in [3.8, 4) is 22.5 Å². The Labute approximate surface area is 172 Å². The molecule has 0 amide bonds. The smallest absolute Gasteiger partial charge is 0.132 e. The number of aryl methyl sites for hydroxylation is 2. The molecule has 0 aliphatic heterocycles. The van der Waals surface area contributed by atoms with Gasteiger partial charge in [0.1, 0.15) is 5.82 Å². The summed E-state index contributed by atoms with van der Waals surface area (Å²) in [5, 5.41) is 13.4. The molecule has 0 spiro atoms. The first-order chi connectivity index (χ1) is 14.1. The van der Waals surface area contributed by atoms with E-state index >= 15 is 0 Å². The van der Waals surface area contributed by atoms with Crippen LogP contribution >= 0.6 is 11.6 Å². The Kier molecular flexibility index (Phi) is 4.10. The number of pyridine rings is 1. The highest BCUT2D eigenvalue weighted by molar-refractivity contribution is 6.33. The van der Waals surface area contributed by atoms with Crippen LogP contribution in [0.2, 0.25) is 5.02 Å². The number of halogens is 1. The summed E-state index contributed by atoms with van der Waals surface area (Å²) in [5.74, 6) is 0.715. The minimum absolute atomic E-state index is 0.619. The van der Waals surface area contributed by atoms with E-state index in [1.54, 1.807) is 10.9 Å². The zero-order chi connectivity index (χ0) is 20.0. The Morgan fingerprint density at radius 1 is 1.00 bits per heavy atom. The predicted octanol–water partition coefficient (Wildman–Crippen LogP) is 4.76. The molecule has 5 rings (SSSR count). The van der Waals surface area contributed by atoms with E-state index in [0.29, 0.717) is 10.8 Å². The number of rotatable bonds is 4. The van der Waals surface area contributed by atoms with Gasteiger partial charge in [-0.05, 0) is 24.3 Å². The van der Waals surface area contributed by atoms with Gasteiger partial charge in [0.05, 0.1) is 28.1 Å². The zero-order valence-corrected chi connectivity index (χ0v) is 16.6. The molecular formula is C21H18ClN7. The van der Waals surface area contributed by atoms with Crippen molar-refractivity contribution < 1.29 is 0 Å². The molecule has 0 unspecified atom stereocenters. The molecule has 4 aromatic heterocycles. The van der Waals surface area contributed by atoms with Crippen molar-refractivity contribution in [2.45, 2.75) is 0 Å². The van der Waals surface area contributed by atoms with Crippen LogP contribution in [-0.4, -0.2) is 29.5 Å². The van der Waals surface area contributed by atoms with Crippen LogP contribution in [-0.2, 0) is 14.1 Å². The average Bonchev–Trinajstić information content (AvgIpc) is 3.42. The standard InChI is InChI=1S/C21H18ClN7/c1-28-12-15(11-25-28)18-8-14-10-23-21(9-19(14)26-18)27-17-4-3-13(7-16(17)22)20-5-6-24-29(20)2/h3-12,26H,1-2H3,(H,23,27). The van der Waals surface area contributed by atoms with Gasteiger partial charge in [0.2, 0.25) is 0 Å². The van der Waals surface area contributed by atoms with Gasteiger partial charge >= 0.3 is 0 Å². The highest BCUT2D eigenvalue weighted by atomic mass is 35.5. The SMILES string of the molecule is Cn1cc(-c2cc3cnc(Nc4ccc(-c5ccnn5C)cc4Cl)cc3[nH]2)cn1. The minimum atomic E-state index is 0.619. The van der Waals surface area contributed by atoms with Crippen molar-refractivity contribution in [2.75, 3.05) is 5.32 Å². The molecule has 8 heteroatoms. The predicted molar refractivity (Wildman–Crippen MR) is 115 cm³/mol. The number of nitrogens with zero attached hydrogens (tertiary/aromatic N) is 5. The molecular weight excluding hydrogens is 386 g/mol. The summed E-state index contributed by atoms with van der Waals surface area (Å²) < 4.78 is 3.60. The van der Waals surface area contributed by atoms with E-state index in [1.807, 2.05) is 67.7 Å². The molecule has 4 heterocycles.